The molecule has 3 rings (SSSR count). The van der Waals surface area contributed by atoms with E-state index in [2.05, 4.69) is 43.0 Å². The zero-order valence-electron chi connectivity index (χ0n) is 12.9. The van der Waals surface area contributed by atoms with Crippen LogP contribution in [0.15, 0.2) is 24.3 Å². The minimum atomic E-state index is 0.0975. The monoisotopic (exact) mass is 272 g/mol. The van der Waals surface area contributed by atoms with Crippen molar-refractivity contribution < 1.29 is 0 Å². The highest BCUT2D eigenvalue weighted by Crippen LogP contribution is 2.44. The summed E-state index contributed by atoms with van der Waals surface area (Å²) in [4.78, 5) is 2.76. The maximum atomic E-state index is 6.35. The molecule has 2 aliphatic rings. The Morgan fingerprint density at radius 2 is 2.10 bits per heavy atom. The lowest BCUT2D eigenvalue weighted by atomic mass is 9.74. The lowest BCUT2D eigenvalue weighted by Gasteiger charge is -2.49. The number of rotatable bonds is 3. The molecule has 2 heteroatoms. The Labute approximate surface area is 123 Å². The van der Waals surface area contributed by atoms with Gasteiger partial charge in [0.05, 0.1) is 5.54 Å². The number of fused-ring (bicyclic) bond motifs is 1. The van der Waals surface area contributed by atoms with Crippen LogP contribution in [-0.2, 0) is 12.0 Å². The molecule has 1 aromatic rings. The molecule has 0 amide bonds. The molecule has 2 atom stereocenters. The van der Waals surface area contributed by atoms with Crippen molar-refractivity contribution in [3.05, 3.63) is 35.4 Å². The van der Waals surface area contributed by atoms with Crippen molar-refractivity contribution in [2.45, 2.75) is 57.5 Å². The second kappa shape index (κ2) is 5.50. The van der Waals surface area contributed by atoms with Crippen LogP contribution in [0, 0.1) is 5.92 Å². The molecular weight excluding hydrogens is 244 g/mol. The summed E-state index contributed by atoms with van der Waals surface area (Å²) in [5.41, 5.74) is 9.49. The number of hydrogen-bond donors (Lipinski definition) is 1. The van der Waals surface area contributed by atoms with Gasteiger partial charge in [0.2, 0.25) is 0 Å². The highest BCUT2D eigenvalue weighted by Gasteiger charge is 2.45. The van der Waals surface area contributed by atoms with Crippen molar-refractivity contribution in [1.82, 2.24) is 4.90 Å². The summed E-state index contributed by atoms with van der Waals surface area (Å²) in [7, 11) is 0. The molecule has 110 valence electrons. The molecule has 0 spiro atoms. The molecule has 1 aromatic carbocycles. The van der Waals surface area contributed by atoms with Gasteiger partial charge in [-0.05, 0) is 55.7 Å². The van der Waals surface area contributed by atoms with E-state index in [1.807, 2.05) is 0 Å². The molecule has 2 N–H and O–H groups in total. The zero-order chi connectivity index (χ0) is 14.2. The van der Waals surface area contributed by atoms with E-state index < -0.39 is 0 Å². The van der Waals surface area contributed by atoms with Crippen molar-refractivity contribution in [3.63, 3.8) is 0 Å². The van der Waals surface area contributed by atoms with E-state index in [0.29, 0.717) is 6.04 Å². The number of nitrogens with two attached hydrogens (primary N) is 1. The van der Waals surface area contributed by atoms with E-state index in [1.54, 1.807) is 0 Å². The van der Waals surface area contributed by atoms with E-state index in [-0.39, 0.29) is 5.54 Å². The predicted octanol–water partition coefficient (Wildman–Crippen LogP) is 3.30. The third-order valence-corrected chi connectivity index (χ3v) is 5.51. The van der Waals surface area contributed by atoms with Crippen molar-refractivity contribution in [3.8, 4) is 0 Å². The van der Waals surface area contributed by atoms with Crippen LogP contribution < -0.4 is 5.73 Å². The first kappa shape index (κ1) is 14.1. The molecule has 20 heavy (non-hydrogen) atoms. The van der Waals surface area contributed by atoms with Gasteiger partial charge in [-0.1, -0.05) is 38.1 Å². The van der Waals surface area contributed by atoms with Crippen LogP contribution in [0.2, 0.25) is 0 Å². The molecule has 0 aromatic heterocycles. The third-order valence-electron chi connectivity index (χ3n) is 5.51. The van der Waals surface area contributed by atoms with E-state index >= 15 is 0 Å². The van der Waals surface area contributed by atoms with Crippen LogP contribution in [0.1, 0.15) is 50.7 Å². The molecule has 1 aliphatic carbocycles. The standard InChI is InChI=1S/C18H28N2/c1-14(2)17-10-6-12-20(17)18(13-19)11-5-8-15-7-3-4-9-16(15)18/h3-4,7,9,14,17H,5-6,8,10-13,19H2,1-2H3. The molecule has 1 fully saturated rings. The van der Waals surface area contributed by atoms with E-state index in [4.69, 9.17) is 5.73 Å². The Bertz CT molecular complexity index is 468. The van der Waals surface area contributed by atoms with Crippen LogP contribution >= 0.6 is 0 Å². The summed E-state index contributed by atoms with van der Waals surface area (Å²) in [6, 6.07) is 9.70. The molecule has 1 saturated heterocycles. The molecular formula is C18H28N2. The van der Waals surface area contributed by atoms with Crippen molar-refractivity contribution in [2.24, 2.45) is 11.7 Å². The molecule has 0 bridgehead atoms. The largest absolute Gasteiger partial charge is 0.328 e. The Balaban J connectivity index is 2.04. The minimum Gasteiger partial charge on any atom is -0.328 e. The second-order valence-electron chi connectivity index (χ2n) is 6.89. The van der Waals surface area contributed by atoms with Crippen molar-refractivity contribution in [1.29, 1.82) is 0 Å². The van der Waals surface area contributed by atoms with Crippen LogP contribution in [0.3, 0.4) is 0 Å². The fourth-order valence-electron chi connectivity index (χ4n) is 4.54. The summed E-state index contributed by atoms with van der Waals surface area (Å²) in [5.74, 6) is 0.718. The van der Waals surface area contributed by atoms with Gasteiger partial charge in [-0.25, -0.2) is 0 Å². The summed E-state index contributed by atoms with van der Waals surface area (Å²) in [6.07, 6.45) is 6.38. The summed E-state index contributed by atoms with van der Waals surface area (Å²) in [5, 5.41) is 0. The van der Waals surface area contributed by atoms with Crippen molar-refractivity contribution in [2.75, 3.05) is 13.1 Å². The Kier molecular flexibility index (Phi) is 3.87. The number of aryl methyl sites for hydroxylation is 1. The van der Waals surface area contributed by atoms with E-state index in [0.717, 1.165) is 12.5 Å². The van der Waals surface area contributed by atoms with E-state index in [9.17, 15) is 0 Å². The first-order valence-corrected chi connectivity index (χ1v) is 8.24. The highest BCUT2D eigenvalue weighted by atomic mass is 15.3. The number of benzene rings is 1. The molecule has 0 radical (unpaired) electrons. The molecule has 2 unspecified atom stereocenters. The van der Waals surface area contributed by atoms with Crippen molar-refractivity contribution >= 4 is 0 Å². The second-order valence-corrected chi connectivity index (χ2v) is 6.89. The SMILES string of the molecule is CC(C)C1CCCN1C1(CN)CCCc2ccccc21. The first-order valence-electron chi connectivity index (χ1n) is 8.24. The van der Waals surface area contributed by atoms with Gasteiger partial charge in [0.25, 0.3) is 0 Å². The van der Waals surface area contributed by atoms with Gasteiger partial charge >= 0.3 is 0 Å². The number of hydrogen-bond acceptors (Lipinski definition) is 2. The Morgan fingerprint density at radius 3 is 2.85 bits per heavy atom. The zero-order valence-corrected chi connectivity index (χ0v) is 12.9. The van der Waals surface area contributed by atoms with Gasteiger partial charge in [-0.3, -0.25) is 4.90 Å². The quantitative estimate of drug-likeness (QED) is 0.915. The molecule has 2 nitrogen and oxygen atoms in total. The summed E-state index contributed by atoms with van der Waals surface area (Å²) >= 11 is 0. The minimum absolute atomic E-state index is 0.0975. The molecule has 1 aliphatic heterocycles. The van der Waals surface area contributed by atoms with Gasteiger partial charge in [-0.2, -0.15) is 0 Å². The fourth-order valence-corrected chi connectivity index (χ4v) is 4.54. The lowest BCUT2D eigenvalue weighted by Crippen LogP contribution is -2.55. The maximum absolute atomic E-state index is 6.35. The number of likely N-dealkylation sites (tertiary alicyclic amines) is 1. The van der Waals surface area contributed by atoms with Crippen LogP contribution in [0.25, 0.3) is 0 Å². The van der Waals surface area contributed by atoms with Gasteiger partial charge in [0.15, 0.2) is 0 Å². The average Bonchev–Trinajstić information content (AvgIpc) is 2.96. The Hall–Kier alpha value is -0.860. The highest BCUT2D eigenvalue weighted by molar-refractivity contribution is 5.37. The average molecular weight is 272 g/mol. The summed E-state index contributed by atoms with van der Waals surface area (Å²) < 4.78 is 0. The Morgan fingerprint density at radius 1 is 1.30 bits per heavy atom. The van der Waals surface area contributed by atoms with Crippen LogP contribution in [0.5, 0.6) is 0 Å². The van der Waals surface area contributed by atoms with Gasteiger partial charge in [0.1, 0.15) is 0 Å². The molecule has 0 saturated carbocycles. The molecule has 1 heterocycles. The van der Waals surface area contributed by atoms with Crippen LogP contribution in [0.4, 0.5) is 0 Å². The maximum Gasteiger partial charge on any atom is 0.0589 e. The first-order chi connectivity index (χ1) is 9.69. The van der Waals surface area contributed by atoms with E-state index in [1.165, 1.54) is 49.8 Å². The topological polar surface area (TPSA) is 29.3 Å². The fraction of sp³-hybridized carbons (Fsp3) is 0.667. The normalized spacial score (nSPS) is 30.7. The smallest absolute Gasteiger partial charge is 0.0589 e. The number of nitrogens with zero attached hydrogens (tertiary/aromatic N) is 1. The van der Waals surface area contributed by atoms with Gasteiger partial charge in [0, 0.05) is 12.6 Å². The van der Waals surface area contributed by atoms with Gasteiger partial charge < -0.3 is 5.73 Å². The summed E-state index contributed by atoms with van der Waals surface area (Å²) in [6.45, 7) is 6.70. The predicted molar refractivity (Wildman–Crippen MR) is 84.7 cm³/mol. The lowest BCUT2D eigenvalue weighted by molar-refractivity contribution is 0.0427. The van der Waals surface area contributed by atoms with Gasteiger partial charge in [-0.15, -0.1) is 0 Å². The third kappa shape index (κ3) is 2.10. The van der Waals surface area contributed by atoms with Crippen LogP contribution in [-0.4, -0.2) is 24.0 Å².